The maximum Gasteiger partial charge on any atom is 0.169 e. The second-order valence-corrected chi connectivity index (χ2v) is 10.0. The van der Waals surface area contributed by atoms with Gasteiger partial charge >= 0.3 is 0 Å². The number of unbranched alkanes of at least 4 members (excludes halogenated alkanes) is 20. The predicted molar refractivity (Wildman–Crippen MR) is 148 cm³/mol. The first-order chi connectivity index (χ1) is 16.9. The van der Waals surface area contributed by atoms with E-state index in [0.29, 0.717) is 0 Å². The lowest BCUT2D eigenvalue weighted by Gasteiger charge is -2.12. The molecular formula is C32H56O2. The molecule has 0 saturated heterocycles. The van der Waals surface area contributed by atoms with Gasteiger partial charge in [0.25, 0.3) is 0 Å². The van der Waals surface area contributed by atoms with Gasteiger partial charge in [0.05, 0.1) is 13.2 Å². The van der Waals surface area contributed by atoms with Gasteiger partial charge in [-0.2, -0.15) is 0 Å². The second kappa shape index (κ2) is 24.9. The summed E-state index contributed by atoms with van der Waals surface area (Å²) in [6.07, 6.45) is 29.8. The van der Waals surface area contributed by atoms with Crippen molar-refractivity contribution in [3.8, 4) is 11.5 Å². The van der Waals surface area contributed by atoms with Crippen molar-refractivity contribution >= 4 is 0 Å². The average Bonchev–Trinajstić information content (AvgIpc) is 2.86. The van der Waals surface area contributed by atoms with Crippen molar-refractivity contribution in [2.75, 3.05) is 13.2 Å². The molecule has 0 aliphatic heterocycles. The van der Waals surface area contributed by atoms with Crippen LogP contribution in [0.2, 0.25) is 0 Å². The van der Waals surface area contributed by atoms with Crippen molar-refractivity contribution in [2.24, 2.45) is 0 Å². The summed E-state index contributed by atoms with van der Waals surface area (Å²) in [6, 6.07) is 10.1. The van der Waals surface area contributed by atoms with E-state index >= 15 is 0 Å². The summed E-state index contributed by atoms with van der Waals surface area (Å²) in [7, 11) is 0. The van der Waals surface area contributed by atoms with E-state index in [0.717, 1.165) is 37.6 Å². The summed E-state index contributed by atoms with van der Waals surface area (Å²) < 4.78 is 11.9. The van der Waals surface area contributed by atoms with E-state index in [2.05, 4.69) is 26.0 Å². The lowest BCUT2D eigenvalue weighted by atomic mass is 10.1. The van der Waals surface area contributed by atoms with Crippen molar-refractivity contribution in [3.63, 3.8) is 0 Å². The zero-order valence-electron chi connectivity index (χ0n) is 22.9. The summed E-state index contributed by atoms with van der Waals surface area (Å²) in [5.74, 6) is 1.47. The molecule has 2 heteroatoms. The smallest absolute Gasteiger partial charge is 0.169 e. The van der Waals surface area contributed by atoms with E-state index in [1.165, 1.54) is 128 Å². The topological polar surface area (TPSA) is 18.5 Å². The number of hydrogen-bond donors (Lipinski definition) is 0. The molecule has 0 saturated carbocycles. The number of benzene rings is 1. The largest absolute Gasteiger partial charge is 0.489 e. The first-order valence-electron chi connectivity index (χ1n) is 15.1. The third-order valence-corrected chi connectivity index (χ3v) is 6.71. The van der Waals surface area contributed by atoms with Crippen LogP contribution in [0.3, 0.4) is 0 Å². The first kappa shape index (κ1) is 30.9. The first-order valence-corrected chi connectivity index (χ1v) is 15.1. The minimum absolute atomic E-state index is 0.734. The van der Waals surface area contributed by atoms with Crippen LogP contribution >= 0.6 is 0 Å². The molecule has 196 valence electrons. The highest BCUT2D eigenvalue weighted by atomic mass is 16.5. The third kappa shape index (κ3) is 19.2. The molecule has 0 heterocycles. The molecule has 0 spiro atoms. The highest BCUT2D eigenvalue weighted by Crippen LogP contribution is 2.26. The van der Waals surface area contributed by atoms with Gasteiger partial charge < -0.3 is 9.47 Å². The Balaban J connectivity index is 1.96. The molecule has 0 aromatic heterocycles. The van der Waals surface area contributed by atoms with Crippen molar-refractivity contribution in [2.45, 2.75) is 155 Å². The van der Waals surface area contributed by atoms with Crippen molar-refractivity contribution in [1.29, 1.82) is 0 Å². The fourth-order valence-corrected chi connectivity index (χ4v) is 4.46. The minimum atomic E-state index is 0.734. The Morgan fingerprint density at radius 3 is 0.971 bits per heavy atom. The van der Waals surface area contributed by atoms with Gasteiger partial charge in [0.2, 0.25) is 0 Å². The van der Waals surface area contributed by atoms with Crippen LogP contribution in [0.5, 0.6) is 11.5 Å². The Hall–Kier alpha value is -1.18. The maximum atomic E-state index is 5.97. The molecular weight excluding hydrogens is 416 g/mol. The predicted octanol–water partition coefficient (Wildman–Crippen LogP) is 10.7. The lowest BCUT2D eigenvalue weighted by Crippen LogP contribution is -2.03. The molecule has 2 nitrogen and oxygen atoms in total. The SMILES string of the molecule is CCCCCCCCCCCCCOc1[c]cc[c]c1OCCCCCCCCCCCCC. The molecule has 1 aromatic carbocycles. The normalized spacial score (nSPS) is 11.1. The second-order valence-electron chi connectivity index (χ2n) is 10.0. The molecule has 0 aliphatic carbocycles. The van der Waals surface area contributed by atoms with Crippen molar-refractivity contribution in [1.82, 2.24) is 0 Å². The zero-order valence-corrected chi connectivity index (χ0v) is 22.9. The number of rotatable bonds is 26. The Labute approximate surface area is 213 Å². The van der Waals surface area contributed by atoms with E-state index in [1.54, 1.807) is 0 Å². The number of hydrogen-bond acceptors (Lipinski definition) is 2. The molecule has 0 fully saturated rings. The summed E-state index contributed by atoms with van der Waals surface area (Å²) in [5.41, 5.74) is 0. The van der Waals surface area contributed by atoms with E-state index in [-0.39, 0.29) is 0 Å². The Morgan fingerprint density at radius 2 is 0.676 bits per heavy atom. The van der Waals surface area contributed by atoms with E-state index in [1.807, 2.05) is 12.1 Å². The Kier molecular flexibility index (Phi) is 22.6. The van der Waals surface area contributed by atoms with E-state index < -0.39 is 0 Å². The Morgan fingerprint density at radius 1 is 0.412 bits per heavy atom. The monoisotopic (exact) mass is 472 g/mol. The molecule has 1 aromatic rings. The fraction of sp³-hybridized carbons (Fsp3) is 0.812. The van der Waals surface area contributed by atoms with Crippen LogP contribution in [0.1, 0.15) is 155 Å². The van der Waals surface area contributed by atoms with Crippen LogP contribution in [-0.2, 0) is 0 Å². The van der Waals surface area contributed by atoms with Crippen LogP contribution in [0.4, 0.5) is 0 Å². The lowest BCUT2D eigenvalue weighted by molar-refractivity contribution is 0.257. The van der Waals surface area contributed by atoms with Gasteiger partial charge in [-0.3, -0.25) is 0 Å². The maximum absolute atomic E-state index is 5.97. The Bertz CT molecular complexity index is 480. The van der Waals surface area contributed by atoms with Crippen LogP contribution in [-0.4, -0.2) is 13.2 Å². The van der Waals surface area contributed by atoms with Crippen molar-refractivity contribution in [3.05, 3.63) is 24.3 Å². The summed E-state index contributed by atoms with van der Waals surface area (Å²) in [5, 5.41) is 0. The molecule has 0 unspecified atom stereocenters. The highest BCUT2D eigenvalue weighted by molar-refractivity contribution is 5.37. The highest BCUT2D eigenvalue weighted by Gasteiger charge is 2.05. The van der Waals surface area contributed by atoms with Gasteiger partial charge in [-0.05, 0) is 25.0 Å². The standard InChI is InChI=1S/C32H56O2/c1-3-5-7-9-11-13-15-17-19-21-25-29-33-31-27-23-24-28-32(31)34-30-26-22-20-18-16-14-12-10-8-6-4-2/h23-24H,3-22,25-26,29-30H2,1-2H3. The van der Waals surface area contributed by atoms with Gasteiger partial charge in [-0.1, -0.05) is 142 Å². The van der Waals surface area contributed by atoms with Crippen LogP contribution in [0.15, 0.2) is 12.1 Å². The molecule has 1 rings (SSSR count). The molecule has 0 aliphatic rings. The third-order valence-electron chi connectivity index (χ3n) is 6.71. The zero-order chi connectivity index (χ0) is 24.4. The summed E-state index contributed by atoms with van der Waals surface area (Å²) in [6.45, 7) is 6.07. The molecule has 0 amide bonds. The minimum Gasteiger partial charge on any atom is -0.489 e. The fourth-order valence-electron chi connectivity index (χ4n) is 4.46. The van der Waals surface area contributed by atoms with Gasteiger partial charge in [0, 0.05) is 12.1 Å². The van der Waals surface area contributed by atoms with Crippen molar-refractivity contribution < 1.29 is 9.47 Å². The van der Waals surface area contributed by atoms with E-state index in [4.69, 9.17) is 9.47 Å². The average molecular weight is 473 g/mol. The van der Waals surface area contributed by atoms with Gasteiger partial charge in [0.15, 0.2) is 11.5 Å². The van der Waals surface area contributed by atoms with Crippen LogP contribution in [0, 0.1) is 12.1 Å². The van der Waals surface area contributed by atoms with E-state index in [9.17, 15) is 0 Å². The van der Waals surface area contributed by atoms with Gasteiger partial charge in [-0.15, -0.1) is 0 Å². The number of ether oxygens (including phenoxy) is 2. The quantitative estimate of drug-likeness (QED) is 0.125. The van der Waals surface area contributed by atoms with Gasteiger partial charge in [0.1, 0.15) is 0 Å². The molecule has 2 radical (unpaired) electrons. The summed E-state index contributed by atoms with van der Waals surface area (Å²) in [4.78, 5) is 0. The van der Waals surface area contributed by atoms with Crippen LogP contribution < -0.4 is 9.47 Å². The van der Waals surface area contributed by atoms with Gasteiger partial charge in [-0.25, -0.2) is 0 Å². The molecule has 0 N–H and O–H groups in total. The molecule has 0 bridgehead atoms. The summed E-state index contributed by atoms with van der Waals surface area (Å²) >= 11 is 0. The van der Waals surface area contributed by atoms with Crippen LogP contribution in [0.25, 0.3) is 0 Å². The molecule has 34 heavy (non-hydrogen) atoms. The molecule has 0 atom stereocenters.